The number of pyridine rings is 1. The highest BCUT2D eigenvalue weighted by Gasteiger charge is 2.24. The number of aromatic nitrogens is 6. The molecule has 0 saturated heterocycles. The number of aryl methyl sites for hydroxylation is 1. The molecule has 0 unspecified atom stereocenters. The van der Waals surface area contributed by atoms with Crippen LogP contribution >= 0.6 is 0 Å². The van der Waals surface area contributed by atoms with Crippen molar-refractivity contribution in [1.82, 2.24) is 29.2 Å². The molecule has 0 bridgehead atoms. The van der Waals surface area contributed by atoms with Crippen LogP contribution in [-0.2, 0) is 7.05 Å². The van der Waals surface area contributed by atoms with Crippen molar-refractivity contribution in [2.75, 3.05) is 18.1 Å². The molecule has 1 saturated carbocycles. The van der Waals surface area contributed by atoms with Gasteiger partial charge in [-0.2, -0.15) is 5.10 Å². The molecule has 9 nitrogen and oxygen atoms in total. The van der Waals surface area contributed by atoms with E-state index in [-0.39, 0.29) is 5.69 Å². The molecule has 0 N–H and O–H groups in total. The highest BCUT2D eigenvalue weighted by Crippen LogP contribution is 2.39. The molecule has 1 aliphatic heterocycles. The topological polar surface area (TPSA) is 82.5 Å². The minimum Gasteiger partial charge on any atom is -0.489 e. The monoisotopic (exact) mass is 403 g/mol. The first-order valence-corrected chi connectivity index (χ1v) is 10.2. The normalized spacial score (nSPS) is 16.4. The second-order valence-corrected chi connectivity index (χ2v) is 7.89. The number of hydrogen-bond acceptors (Lipinski definition) is 6. The third-order valence-corrected chi connectivity index (χ3v) is 6.07. The summed E-state index contributed by atoms with van der Waals surface area (Å²) in [6.07, 6.45) is 7.47. The molecule has 6 rings (SSSR count). The van der Waals surface area contributed by atoms with E-state index in [1.54, 1.807) is 17.6 Å². The summed E-state index contributed by atoms with van der Waals surface area (Å²) in [6.45, 7) is 1.29. The van der Waals surface area contributed by atoms with Crippen LogP contribution in [-0.4, -0.2) is 42.3 Å². The Morgan fingerprint density at radius 1 is 1.13 bits per heavy atom. The molecule has 0 radical (unpaired) electrons. The number of ether oxygens (including phenoxy) is 1. The molecule has 3 aromatic heterocycles. The summed E-state index contributed by atoms with van der Waals surface area (Å²) >= 11 is 0. The third-order valence-electron chi connectivity index (χ3n) is 6.07. The number of hydrogen-bond donors (Lipinski definition) is 0. The van der Waals surface area contributed by atoms with Gasteiger partial charge in [-0.25, -0.2) is 14.2 Å². The van der Waals surface area contributed by atoms with Crippen molar-refractivity contribution in [3.05, 3.63) is 58.9 Å². The van der Waals surface area contributed by atoms with Crippen molar-refractivity contribution in [1.29, 1.82) is 0 Å². The van der Waals surface area contributed by atoms with E-state index in [0.29, 0.717) is 18.2 Å². The molecule has 4 aromatic rings. The molecule has 1 aromatic carbocycles. The van der Waals surface area contributed by atoms with Crippen LogP contribution in [0, 0.1) is 0 Å². The van der Waals surface area contributed by atoms with Gasteiger partial charge >= 0.3 is 5.69 Å². The molecule has 4 heterocycles. The Balaban J connectivity index is 1.35. The van der Waals surface area contributed by atoms with E-state index >= 15 is 0 Å². The van der Waals surface area contributed by atoms with Gasteiger partial charge in [0.2, 0.25) is 0 Å². The second kappa shape index (κ2) is 6.45. The largest absolute Gasteiger partial charge is 0.489 e. The van der Waals surface area contributed by atoms with E-state index in [1.807, 2.05) is 41.2 Å². The summed E-state index contributed by atoms with van der Waals surface area (Å²) in [7, 11) is 1.65. The number of rotatable bonds is 3. The van der Waals surface area contributed by atoms with Crippen molar-refractivity contribution < 1.29 is 4.74 Å². The smallest absolute Gasteiger partial charge is 0.350 e. The molecular formula is C21H21N7O2. The van der Waals surface area contributed by atoms with Crippen molar-refractivity contribution in [2.24, 2.45) is 7.05 Å². The summed E-state index contributed by atoms with van der Waals surface area (Å²) in [5.74, 6) is 1.36. The maximum atomic E-state index is 12.1. The van der Waals surface area contributed by atoms with Crippen molar-refractivity contribution in [2.45, 2.75) is 25.2 Å². The van der Waals surface area contributed by atoms with E-state index < -0.39 is 0 Å². The van der Waals surface area contributed by atoms with Crippen LogP contribution in [0.4, 0.5) is 11.4 Å². The summed E-state index contributed by atoms with van der Waals surface area (Å²) in [6, 6.07) is 9.94. The Labute approximate surface area is 172 Å². The first-order chi connectivity index (χ1) is 14.7. The molecular weight excluding hydrogens is 382 g/mol. The molecule has 0 amide bonds. The minimum atomic E-state index is -0.155. The van der Waals surface area contributed by atoms with Gasteiger partial charge in [0, 0.05) is 37.0 Å². The molecule has 30 heavy (non-hydrogen) atoms. The lowest BCUT2D eigenvalue weighted by molar-refractivity contribution is 0.314. The third kappa shape index (κ3) is 2.62. The van der Waals surface area contributed by atoms with E-state index in [4.69, 9.17) is 4.74 Å². The number of benzene rings is 1. The molecule has 0 atom stereocenters. The fourth-order valence-corrected chi connectivity index (χ4v) is 4.15. The Hall–Kier alpha value is -3.62. The highest BCUT2D eigenvalue weighted by molar-refractivity contribution is 5.73. The van der Waals surface area contributed by atoms with Gasteiger partial charge in [0.25, 0.3) is 0 Å². The van der Waals surface area contributed by atoms with Crippen LogP contribution in [0.2, 0.25) is 0 Å². The van der Waals surface area contributed by atoms with Gasteiger partial charge in [0.05, 0.1) is 29.8 Å². The van der Waals surface area contributed by atoms with Crippen LogP contribution in [0.1, 0.15) is 30.9 Å². The van der Waals surface area contributed by atoms with Gasteiger partial charge in [0.15, 0.2) is 5.65 Å². The molecule has 1 aliphatic carbocycles. The zero-order chi connectivity index (χ0) is 20.2. The average Bonchev–Trinajstić information content (AvgIpc) is 3.30. The Bertz CT molecular complexity index is 1310. The minimum absolute atomic E-state index is 0.155. The predicted molar refractivity (Wildman–Crippen MR) is 111 cm³/mol. The zero-order valence-corrected chi connectivity index (χ0v) is 16.6. The summed E-state index contributed by atoms with van der Waals surface area (Å²) in [5, 5.41) is 13.0. The number of anilines is 2. The Kier molecular flexibility index (Phi) is 3.71. The molecule has 152 valence electrons. The lowest BCUT2D eigenvalue weighted by atomic mass is 9.83. The lowest BCUT2D eigenvalue weighted by Crippen LogP contribution is -2.28. The van der Waals surface area contributed by atoms with E-state index in [2.05, 4.69) is 20.3 Å². The van der Waals surface area contributed by atoms with Gasteiger partial charge in [0.1, 0.15) is 12.4 Å². The van der Waals surface area contributed by atoms with Gasteiger partial charge in [-0.1, -0.05) is 11.6 Å². The van der Waals surface area contributed by atoms with Gasteiger partial charge in [-0.15, -0.1) is 5.10 Å². The Morgan fingerprint density at radius 3 is 2.87 bits per heavy atom. The standard InChI is InChI=1S/C21H21N7O2/c1-25-21(29)27-8-7-15(12-20(27)23-25)26-9-10-30-19-11-16(5-6-18(19)26)28-13-17(22-24-28)14-3-2-4-14/h5-8,11-14H,2-4,9-10H2,1H3. The summed E-state index contributed by atoms with van der Waals surface area (Å²) < 4.78 is 10.7. The molecule has 1 fully saturated rings. The van der Waals surface area contributed by atoms with Crippen LogP contribution in [0.15, 0.2) is 47.5 Å². The molecule has 9 heteroatoms. The average molecular weight is 403 g/mol. The first kappa shape index (κ1) is 17.3. The van der Waals surface area contributed by atoms with E-state index in [1.165, 1.54) is 23.9 Å². The van der Waals surface area contributed by atoms with Crippen molar-refractivity contribution in [3.63, 3.8) is 0 Å². The quantitative estimate of drug-likeness (QED) is 0.523. The van der Waals surface area contributed by atoms with Crippen LogP contribution < -0.4 is 15.3 Å². The summed E-state index contributed by atoms with van der Waals surface area (Å²) in [5.41, 5.74) is 4.42. The molecule has 2 aliphatic rings. The van der Waals surface area contributed by atoms with Crippen LogP contribution in [0.25, 0.3) is 11.3 Å². The summed E-state index contributed by atoms with van der Waals surface area (Å²) in [4.78, 5) is 14.3. The number of fused-ring (bicyclic) bond motifs is 2. The Morgan fingerprint density at radius 2 is 2.03 bits per heavy atom. The SMILES string of the molecule is Cn1nc2cc(N3CCOc4cc(-n5cc(C6CCC6)nn5)ccc43)ccn2c1=O. The maximum Gasteiger partial charge on any atom is 0.350 e. The fraction of sp³-hybridized carbons (Fsp3) is 0.333. The lowest BCUT2D eigenvalue weighted by Gasteiger charge is -2.31. The van der Waals surface area contributed by atoms with Crippen LogP contribution in [0.5, 0.6) is 5.75 Å². The highest BCUT2D eigenvalue weighted by atomic mass is 16.5. The van der Waals surface area contributed by atoms with E-state index in [9.17, 15) is 4.79 Å². The second-order valence-electron chi connectivity index (χ2n) is 7.89. The van der Waals surface area contributed by atoms with Crippen LogP contribution in [0.3, 0.4) is 0 Å². The van der Waals surface area contributed by atoms with Gasteiger partial charge in [-0.05, 0) is 31.0 Å². The fourth-order valence-electron chi connectivity index (χ4n) is 4.15. The zero-order valence-electron chi connectivity index (χ0n) is 16.6. The van der Waals surface area contributed by atoms with Gasteiger partial charge < -0.3 is 9.64 Å². The van der Waals surface area contributed by atoms with Gasteiger partial charge in [-0.3, -0.25) is 4.40 Å². The number of nitrogens with zero attached hydrogens (tertiary/aromatic N) is 7. The van der Waals surface area contributed by atoms with Crippen molar-refractivity contribution in [3.8, 4) is 11.4 Å². The van der Waals surface area contributed by atoms with Crippen molar-refractivity contribution >= 4 is 17.0 Å². The maximum absolute atomic E-state index is 12.1. The molecule has 0 spiro atoms. The van der Waals surface area contributed by atoms with E-state index in [0.717, 1.165) is 35.1 Å². The predicted octanol–water partition coefficient (Wildman–Crippen LogP) is 2.41. The first-order valence-electron chi connectivity index (χ1n) is 10.2.